The third-order valence-corrected chi connectivity index (χ3v) is 4.98. The van der Waals surface area contributed by atoms with E-state index >= 15 is 0 Å². The third-order valence-electron chi connectivity index (χ3n) is 4.98. The van der Waals surface area contributed by atoms with Crippen molar-refractivity contribution in [1.29, 1.82) is 0 Å². The van der Waals surface area contributed by atoms with Gasteiger partial charge in [-0.05, 0) is 45.7 Å². The van der Waals surface area contributed by atoms with Crippen LogP contribution in [-0.4, -0.2) is 11.9 Å². The van der Waals surface area contributed by atoms with Gasteiger partial charge < -0.3 is 4.74 Å². The lowest BCUT2D eigenvalue weighted by atomic mass is 10.0. The SMILES string of the molecule is O=C1OC(c2ccc(-c3ccccc3)cc2)=N/C1=C\c1cccc2ccccc12. The van der Waals surface area contributed by atoms with Crippen LogP contribution < -0.4 is 0 Å². The van der Waals surface area contributed by atoms with Gasteiger partial charge in [0.25, 0.3) is 0 Å². The lowest BCUT2D eigenvalue weighted by Crippen LogP contribution is -2.05. The molecular weight excluding hydrogens is 358 g/mol. The Balaban J connectivity index is 1.48. The number of aliphatic imine (C=N–C) groups is 1. The molecule has 29 heavy (non-hydrogen) atoms. The van der Waals surface area contributed by atoms with Crippen molar-refractivity contribution < 1.29 is 9.53 Å². The Hall–Kier alpha value is -3.98. The minimum absolute atomic E-state index is 0.309. The summed E-state index contributed by atoms with van der Waals surface area (Å²) in [6, 6.07) is 32.1. The molecule has 0 atom stereocenters. The molecule has 0 unspecified atom stereocenters. The summed E-state index contributed by atoms with van der Waals surface area (Å²) in [5.41, 5.74) is 4.27. The molecule has 0 saturated heterocycles. The highest BCUT2D eigenvalue weighted by Crippen LogP contribution is 2.25. The van der Waals surface area contributed by atoms with E-state index in [2.05, 4.69) is 17.1 Å². The highest BCUT2D eigenvalue weighted by atomic mass is 16.6. The van der Waals surface area contributed by atoms with E-state index in [1.807, 2.05) is 84.9 Å². The number of carbonyl (C=O) groups excluding carboxylic acids is 1. The standard InChI is InChI=1S/C26H17NO2/c28-26-24(17-22-11-6-10-20-9-4-5-12-23(20)22)27-25(29-26)21-15-13-19(14-16-21)18-7-2-1-3-8-18/h1-17H/b24-17-. The Morgan fingerprint density at radius 3 is 2.14 bits per heavy atom. The van der Waals surface area contributed by atoms with Gasteiger partial charge in [0.15, 0.2) is 5.70 Å². The number of ether oxygens (including phenoxy) is 1. The number of nitrogens with zero attached hydrogens (tertiary/aromatic N) is 1. The van der Waals surface area contributed by atoms with Crippen LogP contribution in [0.3, 0.4) is 0 Å². The normalized spacial score (nSPS) is 14.8. The number of hydrogen-bond donors (Lipinski definition) is 0. The molecule has 0 aromatic heterocycles. The van der Waals surface area contributed by atoms with Gasteiger partial charge in [-0.15, -0.1) is 0 Å². The Kier molecular flexibility index (Phi) is 4.26. The molecule has 1 aliphatic rings. The van der Waals surface area contributed by atoms with Crippen LogP contribution in [0.15, 0.2) is 108 Å². The van der Waals surface area contributed by atoms with E-state index in [1.165, 1.54) is 0 Å². The number of fused-ring (bicyclic) bond motifs is 1. The molecule has 0 amide bonds. The van der Waals surface area contributed by atoms with Crippen LogP contribution in [0.4, 0.5) is 0 Å². The molecule has 5 rings (SSSR count). The summed E-state index contributed by atoms with van der Waals surface area (Å²) in [5.74, 6) is -0.0961. The lowest BCUT2D eigenvalue weighted by molar-refractivity contribution is -0.129. The Morgan fingerprint density at radius 1 is 0.655 bits per heavy atom. The summed E-state index contributed by atoms with van der Waals surface area (Å²) >= 11 is 0. The Morgan fingerprint density at radius 2 is 1.31 bits per heavy atom. The van der Waals surface area contributed by atoms with Gasteiger partial charge in [0, 0.05) is 5.56 Å². The van der Waals surface area contributed by atoms with E-state index < -0.39 is 5.97 Å². The first-order valence-electron chi connectivity index (χ1n) is 9.44. The summed E-state index contributed by atoms with van der Waals surface area (Å²) in [6.07, 6.45) is 1.79. The smallest absolute Gasteiger partial charge is 0.363 e. The van der Waals surface area contributed by atoms with Crippen LogP contribution in [0.25, 0.3) is 28.0 Å². The zero-order valence-electron chi connectivity index (χ0n) is 15.6. The van der Waals surface area contributed by atoms with Crippen LogP contribution >= 0.6 is 0 Å². The van der Waals surface area contributed by atoms with Gasteiger partial charge in [-0.25, -0.2) is 9.79 Å². The number of hydrogen-bond acceptors (Lipinski definition) is 3. The second kappa shape index (κ2) is 7.21. The molecule has 4 aromatic carbocycles. The van der Waals surface area contributed by atoms with E-state index in [9.17, 15) is 4.79 Å². The average Bonchev–Trinajstić information content (AvgIpc) is 3.15. The zero-order valence-corrected chi connectivity index (χ0v) is 15.6. The highest BCUT2D eigenvalue weighted by molar-refractivity contribution is 6.13. The molecule has 3 nitrogen and oxygen atoms in total. The maximum Gasteiger partial charge on any atom is 0.363 e. The summed E-state index contributed by atoms with van der Waals surface area (Å²) in [5, 5.41) is 2.19. The molecule has 4 aromatic rings. The fourth-order valence-electron chi connectivity index (χ4n) is 3.49. The van der Waals surface area contributed by atoms with Gasteiger partial charge in [0.1, 0.15) is 0 Å². The average molecular weight is 375 g/mol. The lowest BCUT2D eigenvalue weighted by Gasteiger charge is -2.03. The van der Waals surface area contributed by atoms with Crippen molar-refractivity contribution in [2.24, 2.45) is 4.99 Å². The number of esters is 1. The van der Waals surface area contributed by atoms with Gasteiger partial charge in [0.2, 0.25) is 5.90 Å². The van der Waals surface area contributed by atoms with Crippen molar-refractivity contribution in [3.8, 4) is 11.1 Å². The second-order valence-electron chi connectivity index (χ2n) is 6.85. The fraction of sp³-hybridized carbons (Fsp3) is 0. The minimum Gasteiger partial charge on any atom is -0.402 e. The Labute approximate surface area is 168 Å². The van der Waals surface area contributed by atoms with Crippen molar-refractivity contribution in [2.45, 2.75) is 0 Å². The van der Waals surface area contributed by atoms with Crippen LogP contribution in [0.1, 0.15) is 11.1 Å². The predicted molar refractivity (Wildman–Crippen MR) is 116 cm³/mol. The molecule has 1 aliphatic heterocycles. The van der Waals surface area contributed by atoms with Crippen molar-refractivity contribution >= 4 is 28.7 Å². The third kappa shape index (κ3) is 3.34. The van der Waals surface area contributed by atoms with Gasteiger partial charge in [-0.3, -0.25) is 0 Å². The summed E-state index contributed by atoms with van der Waals surface area (Å²) < 4.78 is 5.43. The molecule has 0 spiro atoms. The van der Waals surface area contributed by atoms with Crippen LogP contribution in [0.5, 0.6) is 0 Å². The molecule has 1 heterocycles. The number of cyclic esters (lactones) is 1. The van der Waals surface area contributed by atoms with Crippen LogP contribution in [-0.2, 0) is 9.53 Å². The maximum atomic E-state index is 12.4. The number of rotatable bonds is 3. The molecule has 0 N–H and O–H groups in total. The molecule has 0 saturated carbocycles. The quantitative estimate of drug-likeness (QED) is 0.333. The van der Waals surface area contributed by atoms with E-state index in [4.69, 9.17) is 4.74 Å². The topological polar surface area (TPSA) is 38.7 Å². The van der Waals surface area contributed by atoms with Crippen molar-refractivity contribution in [3.63, 3.8) is 0 Å². The summed E-state index contributed by atoms with van der Waals surface area (Å²) in [4.78, 5) is 16.8. The maximum absolute atomic E-state index is 12.4. The molecule has 0 bridgehead atoms. The van der Waals surface area contributed by atoms with Crippen molar-refractivity contribution in [3.05, 3.63) is 114 Å². The molecular formula is C26H17NO2. The first kappa shape index (κ1) is 17.1. The van der Waals surface area contributed by atoms with E-state index in [0.29, 0.717) is 11.6 Å². The monoisotopic (exact) mass is 375 g/mol. The van der Waals surface area contributed by atoms with E-state index in [1.54, 1.807) is 6.08 Å². The summed E-state index contributed by atoms with van der Waals surface area (Å²) in [6.45, 7) is 0. The molecule has 138 valence electrons. The van der Waals surface area contributed by atoms with Crippen molar-refractivity contribution in [1.82, 2.24) is 0 Å². The zero-order chi connectivity index (χ0) is 19.6. The highest BCUT2D eigenvalue weighted by Gasteiger charge is 2.24. The molecule has 0 fully saturated rings. The van der Waals surface area contributed by atoms with E-state index in [0.717, 1.165) is 33.0 Å². The number of carbonyl (C=O) groups is 1. The Bertz CT molecular complexity index is 1260. The van der Waals surface area contributed by atoms with Crippen LogP contribution in [0, 0.1) is 0 Å². The molecule has 3 heteroatoms. The first-order chi connectivity index (χ1) is 14.3. The number of benzene rings is 4. The first-order valence-corrected chi connectivity index (χ1v) is 9.44. The van der Waals surface area contributed by atoms with Crippen LogP contribution in [0.2, 0.25) is 0 Å². The summed E-state index contributed by atoms with van der Waals surface area (Å²) in [7, 11) is 0. The molecule has 0 aliphatic carbocycles. The predicted octanol–water partition coefficient (Wildman–Crippen LogP) is 5.85. The molecule has 0 radical (unpaired) electrons. The van der Waals surface area contributed by atoms with Gasteiger partial charge in [-0.1, -0.05) is 84.9 Å². The van der Waals surface area contributed by atoms with Gasteiger partial charge >= 0.3 is 5.97 Å². The van der Waals surface area contributed by atoms with Gasteiger partial charge in [0.05, 0.1) is 0 Å². The minimum atomic E-state index is -0.430. The second-order valence-corrected chi connectivity index (χ2v) is 6.85. The van der Waals surface area contributed by atoms with E-state index in [-0.39, 0.29) is 0 Å². The largest absolute Gasteiger partial charge is 0.402 e. The van der Waals surface area contributed by atoms with Crippen molar-refractivity contribution in [2.75, 3.05) is 0 Å². The van der Waals surface area contributed by atoms with Gasteiger partial charge in [-0.2, -0.15) is 0 Å². The fourth-order valence-corrected chi connectivity index (χ4v) is 3.49.